The summed E-state index contributed by atoms with van der Waals surface area (Å²) < 4.78 is 46.3. The van der Waals surface area contributed by atoms with Crippen LogP contribution in [0.4, 0.5) is 13.2 Å². The molecule has 1 saturated heterocycles. The van der Waals surface area contributed by atoms with Crippen molar-refractivity contribution < 1.29 is 27.2 Å². The van der Waals surface area contributed by atoms with E-state index in [1.165, 1.54) is 4.90 Å². The summed E-state index contributed by atoms with van der Waals surface area (Å²) in [7, 11) is 0. The monoisotopic (exact) mass is 293 g/mol. The largest absolute Gasteiger partial charge is 0.471 e. The summed E-state index contributed by atoms with van der Waals surface area (Å²) in [6.45, 7) is 2.92. The lowest BCUT2D eigenvalue weighted by Gasteiger charge is -2.15. The van der Waals surface area contributed by atoms with E-state index in [-0.39, 0.29) is 30.8 Å². The van der Waals surface area contributed by atoms with E-state index in [9.17, 15) is 18.0 Å². The van der Waals surface area contributed by atoms with Gasteiger partial charge in [-0.15, -0.1) is 0 Å². The minimum absolute atomic E-state index is 0.0102. The third-order valence-electron chi connectivity index (χ3n) is 3.02. The van der Waals surface area contributed by atoms with Gasteiger partial charge in [-0.3, -0.25) is 4.79 Å². The van der Waals surface area contributed by atoms with Crippen LogP contribution in [-0.2, 0) is 15.7 Å². The summed E-state index contributed by atoms with van der Waals surface area (Å²) in [5.74, 6) is -1.88. The van der Waals surface area contributed by atoms with Gasteiger partial charge in [0, 0.05) is 25.6 Å². The molecule has 0 spiro atoms. The average Bonchev–Trinajstić information content (AvgIpc) is 3.02. The standard InChI is InChI=1S/C11H14F3N3O3/c1-2-19-6-8(18)17-4-3-7(5-17)9-15-10(20-16-9)11(12,13)14/h7H,2-6H2,1H3/t7-/m1/s1. The third kappa shape index (κ3) is 3.27. The minimum Gasteiger partial charge on any atom is -0.372 e. The van der Waals surface area contributed by atoms with Crippen molar-refractivity contribution in [3.8, 4) is 0 Å². The number of likely N-dealkylation sites (tertiary alicyclic amines) is 1. The SMILES string of the molecule is CCOCC(=O)N1CC[C@@H](c2noc(C(F)(F)F)n2)C1. The Morgan fingerprint density at radius 1 is 1.55 bits per heavy atom. The maximum Gasteiger partial charge on any atom is 0.471 e. The van der Waals surface area contributed by atoms with E-state index in [0.717, 1.165) is 0 Å². The summed E-state index contributed by atoms with van der Waals surface area (Å²) in [5, 5.41) is 3.35. The number of amides is 1. The highest BCUT2D eigenvalue weighted by Crippen LogP contribution is 2.31. The van der Waals surface area contributed by atoms with E-state index in [4.69, 9.17) is 4.74 Å². The number of carbonyl (C=O) groups is 1. The first-order chi connectivity index (χ1) is 9.41. The fourth-order valence-electron chi connectivity index (χ4n) is 1.99. The molecule has 1 aliphatic heterocycles. The van der Waals surface area contributed by atoms with Crippen molar-refractivity contribution in [2.24, 2.45) is 0 Å². The molecule has 0 radical (unpaired) electrons. The first-order valence-corrected chi connectivity index (χ1v) is 6.18. The van der Waals surface area contributed by atoms with Crippen molar-refractivity contribution in [2.75, 3.05) is 26.3 Å². The molecule has 2 rings (SSSR count). The van der Waals surface area contributed by atoms with Gasteiger partial charge in [0.15, 0.2) is 5.82 Å². The second kappa shape index (κ2) is 5.78. The molecule has 20 heavy (non-hydrogen) atoms. The first-order valence-electron chi connectivity index (χ1n) is 6.18. The van der Waals surface area contributed by atoms with E-state index in [1.54, 1.807) is 6.92 Å². The second-order valence-electron chi connectivity index (χ2n) is 4.42. The fraction of sp³-hybridized carbons (Fsp3) is 0.727. The summed E-state index contributed by atoms with van der Waals surface area (Å²) in [4.78, 5) is 16.6. The van der Waals surface area contributed by atoms with Crippen LogP contribution in [0.3, 0.4) is 0 Å². The van der Waals surface area contributed by atoms with Crippen molar-refractivity contribution in [1.82, 2.24) is 15.0 Å². The summed E-state index contributed by atoms with van der Waals surface area (Å²) in [6, 6.07) is 0. The van der Waals surface area contributed by atoms with Gasteiger partial charge < -0.3 is 14.2 Å². The van der Waals surface area contributed by atoms with Crippen LogP contribution in [0.15, 0.2) is 4.52 Å². The molecule has 1 atom stereocenters. The van der Waals surface area contributed by atoms with Crippen molar-refractivity contribution in [3.05, 3.63) is 11.7 Å². The third-order valence-corrected chi connectivity index (χ3v) is 3.02. The lowest BCUT2D eigenvalue weighted by molar-refractivity contribution is -0.159. The number of nitrogens with zero attached hydrogens (tertiary/aromatic N) is 3. The second-order valence-corrected chi connectivity index (χ2v) is 4.42. The molecule has 1 aromatic heterocycles. The zero-order valence-corrected chi connectivity index (χ0v) is 10.8. The first kappa shape index (κ1) is 14.8. The Labute approximate surface area is 112 Å². The molecule has 9 heteroatoms. The van der Waals surface area contributed by atoms with Crippen LogP contribution in [-0.4, -0.2) is 47.3 Å². The van der Waals surface area contributed by atoms with Crippen LogP contribution in [0.1, 0.15) is 31.0 Å². The predicted molar refractivity (Wildman–Crippen MR) is 59.7 cm³/mol. The summed E-state index contributed by atoms with van der Waals surface area (Å²) in [5.41, 5.74) is 0. The van der Waals surface area contributed by atoms with Gasteiger partial charge in [-0.1, -0.05) is 5.16 Å². The van der Waals surface area contributed by atoms with Gasteiger partial charge in [-0.2, -0.15) is 18.2 Å². The quantitative estimate of drug-likeness (QED) is 0.840. The number of carbonyl (C=O) groups excluding carboxylic acids is 1. The maximum atomic E-state index is 12.4. The van der Waals surface area contributed by atoms with Gasteiger partial charge in [0.1, 0.15) is 6.61 Å². The Kier molecular flexibility index (Phi) is 4.26. The number of hydrogen-bond acceptors (Lipinski definition) is 5. The average molecular weight is 293 g/mol. The van der Waals surface area contributed by atoms with Crippen LogP contribution in [0.5, 0.6) is 0 Å². The van der Waals surface area contributed by atoms with Crippen molar-refractivity contribution in [3.63, 3.8) is 0 Å². The minimum atomic E-state index is -4.64. The topological polar surface area (TPSA) is 68.5 Å². The molecule has 1 aliphatic rings. The van der Waals surface area contributed by atoms with Crippen LogP contribution in [0.25, 0.3) is 0 Å². The Morgan fingerprint density at radius 3 is 2.90 bits per heavy atom. The molecule has 0 aromatic carbocycles. The van der Waals surface area contributed by atoms with E-state index >= 15 is 0 Å². The number of aromatic nitrogens is 2. The Bertz CT molecular complexity index is 475. The van der Waals surface area contributed by atoms with Crippen LogP contribution < -0.4 is 0 Å². The smallest absolute Gasteiger partial charge is 0.372 e. The lowest BCUT2D eigenvalue weighted by Crippen LogP contribution is -2.31. The Hall–Kier alpha value is -1.64. The van der Waals surface area contributed by atoms with Gasteiger partial charge in [0.2, 0.25) is 5.91 Å². The van der Waals surface area contributed by atoms with Crippen molar-refractivity contribution in [1.29, 1.82) is 0 Å². The van der Waals surface area contributed by atoms with E-state index < -0.39 is 12.1 Å². The normalized spacial score (nSPS) is 19.6. The molecule has 0 saturated carbocycles. The molecule has 1 amide bonds. The molecule has 0 unspecified atom stereocenters. The maximum absolute atomic E-state index is 12.4. The molecule has 0 N–H and O–H groups in total. The van der Waals surface area contributed by atoms with E-state index in [2.05, 4.69) is 14.7 Å². The Morgan fingerprint density at radius 2 is 2.30 bits per heavy atom. The fourth-order valence-corrected chi connectivity index (χ4v) is 1.99. The lowest BCUT2D eigenvalue weighted by atomic mass is 10.1. The molecular formula is C11H14F3N3O3. The van der Waals surface area contributed by atoms with E-state index in [1.807, 2.05) is 0 Å². The van der Waals surface area contributed by atoms with Gasteiger partial charge in [-0.05, 0) is 13.3 Å². The highest BCUT2D eigenvalue weighted by molar-refractivity contribution is 5.77. The van der Waals surface area contributed by atoms with Crippen molar-refractivity contribution in [2.45, 2.75) is 25.4 Å². The molecule has 1 aromatic rings. The number of rotatable bonds is 4. The van der Waals surface area contributed by atoms with Gasteiger partial charge in [0.25, 0.3) is 0 Å². The zero-order chi connectivity index (χ0) is 14.8. The van der Waals surface area contributed by atoms with Gasteiger partial charge in [-0.25, -0.2) is 0 Å². The van der Waals surface area contributed by atoms with Crippen LogP contribution in [0.2, 0.25) is 0 Å². The molecule has 112 valence electrons. The Balaban J connectivity index is 1.96. The van der Waals surface area contributed by atoms with Crippen molar-refractivity contribution >= 4 is 5.91 Å². The number of hydrogen-bond donors (Lipinski definition) is 0. The molecule has 2 heterocycles. The number of ether oxygens (including phenoxy) is 1. The van der Waals surface area contributed by atoms with E-state index in [0.29, 0.717) is 19.6 Å². The number of halogens is 3. The highest BCUT2D eigenvalue weighted by Gasteiger charge is 2.40. The highest BCUT2D eigenvalue weighted by atomic mass is 19.4. The molecular weight excluding hydrogens is 279 g/mol. The molecule has 6 nitrogen and oxygen atoms in total. The number of alkyl halides is 3. The van der Waals surface area contributed by atoms with Gasteiger partial charge in [0.05, 0.1) is 0 Å². The van der Waals surface area contributed by atoms with Crippen LogP contribution in [0, 0.1) is 0 Å². The zero-order valence-electron chi connectivity index (χ0n) is 10.8. The van der Waals surface area contributed by atoms with Gasteiger partial charge >= 0.3 is 12.1 Å². The molecule has 1 fully saturated rings. The molecule has 0 bridgehead atoms. The summed E-state index contributed by atoms with van der Waals surface area (Å²) in [6.07, 6.45) is -4.14. The summed E-state index contributed by atoms with van der Waals surface area (Å²) >= 11 is 0. The molecule has 0 aliphatic carbocycles. The van der Waals surface area contributed by atoms with Crippen LogP contribution >= 0.6 is 0 Å². The predicted octanol–water partition coefficient (Wildman–Crippen LogP) is 1.44.